The Morgan fingerprint density at radius 2 is 1.65 bits per heavy atom. The summed E-state index contributed by atoms with van der Waals surface area (Å²) in [6.45, 7) is 0. The lowest BCUT2D eigenvalue weighted by Gasteiger charge is -2.14. The fourth-order valence-corrected chi connectivity index (χ4v) is 4.14. The van der Waals surface area contributed by atoms with E-state index in [0.29, 0.717) is 24.2 Å². The first kappa shape index (κ1) is 21.2. The zero-order valence-corrected chi connectivity index (χ0v) is 16.8. The largest absolute Gasteiger partial charge is 0.416 e. The van der Waals surface area contributed by atoms with E-state index in [2.05, 4.69) is 16.7 Å². The zero-order chi connectivity index (χ0) is 22.0. The Morgan fingerprint density at radius 3 is 2.32 bits per heavy atom. The minimum absolute atomic E-state index is 0.137. The van der Waals surface area contributed by atoms with Gasteiger partial charge in [-0.15, -0.1) is 0 Å². The molecule has 0 heterocycles. The smallest absolute Gasteiger partial charge is 0.324 e. The summed E-state index contributed by atoms with van der Waals surface area (Å²) < 4.78 is 39.9. The number of nitrogens with one attached hydrogen (secondary N) is 2. The highest BCUT2D eigenvalue weighted by Crippen LogP contribution is 2.51. The maximum Gasteiger partial charge on any atom is 0.416 e. The zero-order valence-electron chi connectivity index (χ0n) is 16.8. The quantitative estimate of drug-likeness (QED) is 0.576. The van der Waals surface area contributed by atoms with Gasteiger partial charge in [-0.05, 0) is 54.9 Å². The average Bonchev–Trinajstić information content (AvgIpc) is 3.38. The molecule has 0 aliphatic heterocycles. The van der Waals surface area contributed by atoms with Crippen LogP contribution in [0.1, 0.15) is 42.7 Å². The lowest BCUT2D eigenvalue weighted by Crippen LogP contribution is -2.19. The average molecular weight is 428 g/mol. The van der Waals surface area contributed by atoms with Crippen molar-refractivity contribution in [3.63, 3.8) is 0 Å². The standard InChI is InChI=1S/C24H23F3N2O2/c25-24(26,27)19-10-4-3-9-16(19)17-14-18(17)23(31)29-21-12-6-5-11-20(21)28-22(30)13-15-7-1-2-8-15/h1,3-7,9-12,15,17-18H,2,8,13-14H2,(H,28,30)(H,29,31). The maximum absolute atomic E-state index is 13.3. The monoisotopic (exact) mass is 428 g/mol. The Kier molecular flexibility index (Phi) is 5.85. The third kappa shape index (κ3) is 4.98. The Labute approximate surface area is 178 Å². The van der Waals surface area contributed by atoms with Crippen LogP contribution < -0.4 is 10.6 Å². The molecule has 2 aliphatic carbocycles. The van der Waals surface area contributed by atoms with Crippen LogP contribution in [0.25, 0.3) is 0 Å². The van der Waals surface area contributed by atoms with E-state index in [1.165, 1.54) is 12.1 Å². The van der Waals surface area contributed by atoms with Gasteiger partial charge in [0.05, 0.1) is 16.9 Å². The lowest BCUT2D eigenvalue weighted by molar-refractivity contribution is -0.138. The summed E-state index contributed by atoms with van der Waals surface area (Å²) in [5, 5.41) is 5.62. The molecule has 0 radical (unpaired) electrons. The van der Waals surface area contributed by atoms with Gasteiger partial charge in [-0.1, -0.05) is 42.5 Å². The lowest BCUT2D eigenvalue weighted by atomic mass is 10.0. The fourth-order valence-electron chi connectivity index (χ4n) is 4.14. The molecule has 3 atom stereocenters. The molecule has 2 N–H and O–H groups in total. The van der Waals surface area contributed by atoms with Crippen molar-refractivity contribution in [1.82, 2.24) is 0 Å². The molecule has 2 aromatic carbocycles. The molecule has 2 aliphatic rings. The number of para-hydroxylation sites is 2. The third-order valence-electron chi connectivity index (χ3n) is 5.81. The Balaban J connectivity index is 1.41. The predicted molar refractivity (Wildman–Crippen MR) is 112 cm³/mol. The van der Waals surface area contributed by atoms with Crippen LogP contribution in [0.5, 0.6) is 0 Å². The number of hydrogen-bond acceptors (Lipinski definition) is 2. The number of rotatable bonds is 6. The Hall–Kier alpha value is -3.09. The molecule has 4 rings (SSSR count). The second-order valence-electron chi connectivity index (χ2n) is 8.09. The first-order valence-electron chi connectivity index (χ1n) is 10.4. The summed E-state index contributed by atoms with van der Waals surface area (Å²) in [7, 11) is 0. The van der Waals surface area contributed by atoms with E-state index in [1.54, 1.807) is 30.3 Å². The molecule has 31 heavy (non-hydrogen) atoms. The van der Waals surface area contributed by atoms with E-state index in [9.17, 15) is 22.8 Å². The summed E-state index contributed by atoms with van der Waals surface area (Å²) in [5.41, 5.74) is 0.388. The van der Waals surface area contributed by atoms with Crippen molar-refractivity contribution in [2.75, 3.05) is 10.6 Å². The molecule has 0 bridgehead atoms. The Morgan fingerprint density at radius 1 is 0.968 bits per heavy atom. The Bertz CT molecular complexity index is 1020. The van der Waals surface area contributed by atoms with Crippen LogP contribution in [0.2, 0.25) is 0 Å². The van der Waals surface area contributed by atoms with Crippen molar-refractivity contribution >= 4 is 23.2 Å². The van der Waals surface area contributed by atoms with Crippen molar-refractivity contribution in [1.29, 1.82) is 0 Å². The van der Waals surface area contributed by atoms with Crippen LogP contribution in [-0.4, -0.2) is 11.8 Å². The summed E-state index contributed by atoms with van der Waals surface area (Å²) in [4.78, 5) is 25.1. The molecule has 4 nitrogen and oxygen atoms in total. The molecule has 162 valence electrons. The normalized spacial score (nSPS) is 22.2. The molecule has 0 aromatic heterocycles. The summed E-state index contributed by atoms with van der Waals surface area (Å²) in [6.07, 6.45) is 2.32. The minimum Gasteiger partial charge on any atom is -0.324 e. The van der Waals surface area contributed by atoms with E-state index in [1.807, 2.05) is 6.08 Å². The molecule has 2 amide bonds. The first-order chi connectivity index (χ1) is 14.8. The van der Waals surface area contributed by atoms with Crippen LogP contribution in [0.15, 0.2) is 60.7 Å². The van der Waals surface area contributed by atoms with E-state index >= 15 is 0 Å². The highest BCUT2D eigenvalue weighted by atomic mass is 19.4. The maximum atomic E-state index is 13.3. The first-order valence-corrected chi connectivity index (χ1v) is 10.4. The van der Waals surface area contributed by atoms with Gasteiger partial charge in [-0.25, -0.2) is 0 Å². The molecule has 0 spiro atoms. The molecule has 3 unspecified atom stereocenters. The molecule has 2 aromatic rings. The summed E-state index contributed by atoms with van der Waals surface area (Å²) in [5.74, 6) is -1.25. The predicted octanol–water partition coefficient (Wildman–Crippen LogP) is 5.74. The van der Waals surface area contributed by atoms with Gasteiger partial charge >= 0.3 is 6.18 Å². The molecular formula is C24H23F3N2O2. The van der Waals surface area contributed by atoms with Crippen LogP contribution in [0, 0.1) is 11.8 Å². The highest BCUT2D eigenvalue weighted by molar-refractivity contribution is 6.01. The number of hydrogen-bond donors (Lipinski definition) is 2. The van der Waals surface area contributed by atoms with Gasteiger partial charge in [0.2, 0.25) is 11.8 Å². The van der Waals surface area contributed by atoms with Crippen molar-refractivity contribution in [3.05, 3.63) is 71.8 Å². The SMILES string of the molecule is O=C(CC1C=CCC1)Nc1ccccc1NC(=O)C1CC1c1ccccc1C(F)(F)F. The van der Waals surface area contributed by atoms with Crippen LogP contribution in [-0.2, 0) is 15.8 Å². The van der Waals surface area contributed by atoms with E-state index in [-0.39, 0.29) is 23.3 Å². The number of halogens is 3. The van der Waals surface area contributed by atoms with Gasteiger partial charge in [-0.2, -0.15) is 13.2 Å². The van der Waals surface area contributed by atoms with Gasteiger partial charge in [0.1, 0.15) is 0 Å². The van der Waals surface area contributed by atoms with Gasteiger partial charge in [0, 0.05) is 12.3 Å². The topological polar surface area (TPSA) is 58.2 Å². The van der Waals surface area contributed by atoms with Crippen LogP contribution in [0.3, 0.4) is 0 Å². The van der Waals surface area contributed by atoms with E-state index < -0.39 is 23.6 Å². The molecule has 1 fully saturated rings. The minimum atomic E-state index is -4.45. The number of amides is 2. The van der Waals surface area contributed by atoms with Crippen LogP contribution in [0.4, 0.5) is 24.5 Å². The summed E-state index contributed by atoms with van der Waals surface area (Å²) >= 11 is 0. The highest BCUT2D eigenvalue weighted by Gasteiger charge is 2.47. The van der Waals surface area contributed by atoms with Crippen molar-refractivity contribution in [2.24, 2.45) is 11.8 Å². The molecule has 1 saturated carbocycles. The number of benzene rings is 2. The number of alkyl halides is 3. The van der Waals surface area contributed by atoms with Gasteiger partial charge in [-0.3, -0.25) is 9.59 Å². The molecule has 0 saturated heterocycles. The van der Waals surface area contributed by atoms with E-state index in [4.69, 9.17) is 0 Å². The molecule has 7 heteroatoms. The summed E-state index contributed by atoms with van der Waals surface area (Å²) in [6, 6.07) is 12.2. The third-order valence-corrected chi connectivity index (χ3v) is 5.81. The van der Waals surface area contributed by atoms with Crippen molar-refractivity contribution in [3.8, 4) is 0 Å². The van der Waals surface area contributed by atoms with Gasteiger partial charge in [0.25, 0.3) is 0 Å². The number of anilines is 2. The van der Waals surface area contributed by atoms with Gasteiger partial charge < -0.3 is 10.6 Å². The molecular weight excluding hydrogens is 405 g/mol. The van der Waals surface area contributed by atoms with Crippen molar-refractivity contribution in [2.45, 2.75) is 37.8 Å². The van der Waals surface area contributed by atoms with Gasteiger partial charge in [0.15, 0.2) is 0 Å². The number of allylic oxidation sites excluding steroid dienone is 2. The van der Waals surface area contributed by atoms with Crippen molar-refractivity contribution < 1.29 is 22.8 Å². The fraction of sp³-hybridized carbons (Fsp3) is 0.333. The number of carbonyl (C=O) groups is 2. The second-order valence-corrected chi connectivity index (χ2v) is 8.09. The number of carbonyl (C=O) groups excluding carboxylic acids is 2. The van der Waals surface area contributed by atoms with E-state index in [0.717, 1.165) is 18.9 Å². The van der Waals surface area contributed by atoms with Crippen LogP contribution >= 0.6 is 0 Å². The second kappa shape index (κ2) is 8.57.